The lowest BCUT2D eigenvalue weighted by Gasteiger charge is -2.03. The number of aryl methyl sites for hydroxylation is 1. The van der Waals surface area contributed by atoms with Gasteiger partial charge in [0.15, 0.2) is 5.13 Å². The van der Waals surface area contributed by atoms with Crippen molar-refractivity contribution < 1.29 is 9.90 Å². The molecule has 0 saturated heterocycles. The Hall–Kier alpha value is -2.23. The monoisotopic (exact) mass is 301 g/mol. The van der Waals surface area contributed by atoms with Crippen LogP contribution >= 0.6 is 11.3 Å². The highest BCUT2D eigenvalue weighted by Gasteiger charge is 2.09. The number of rotatable bonds is 4. The first-order valence-corrected chi connectivity index (χ1v) is 7.26. The highest BCUT2D eigenvalue weighted by atomic mass is 32.1. The molecule has 2 N–H and O–H groups in total. The van der Waals surface area contributed by atoms with E-state index in [-0.39, 0.29) is 18.9 Å². The molecule has 0 atom stereocenters. The first-order chi connectivity index (χ1) is 10.2. The number of pyridine rings is 1. The van der Waals surface area contributed by atoms with Gasteiger partial charge in [-0.25, -0.2) is 4.98 Å². The van der Waals surface area contributed by atoms with Crippen LogP contribution in [-0.4, -0.2) is 27.6 Å². The summed E-state index contributed by atoms with van der Waals surface area (Å²) in [5.41, 5.74) is 1.75. The molecule has 0 unspecified atom stereocenters. The molecule has 2 heterocycles. The fourth-order valence-corrected chi connectivity index (χ4v) is 2.32. The molecule has 2 aromatic heterocycles. The molecule has 0 aliphatic carbocycles. The third-order valence-corrected chi connectivity index (χ3v) is 3.47. The van der Waals surface area contributed by atoms with E-state index >= 15 is 0 Å². The lowest BCUT2D eigenvalue weighted by Crippen LogP contribution is -2.15. The van der Waals surface area contributed by atoms with E-state index in [0.717, 1.165) is 16.1 Å². The summed E-state index contributed by atoms with van der Waals surface area (Å²) in [6.45, 7) is 1.96. The largest absolute Gasteiger partial charge is 0.395 e. The number of amides is 1. The summed E-state index contributed by atoms with van der Waals surface area (Å²) >= 11 is 1.31. The minimum Gasteiger partial charge on any atom is -0.395 e. The van der Waals surface area contributed by atoms with Gasteiger partial charge in [0.2, 0.25) is 5.91 Å². The second kappa shape index (κ2) is 7.53. The molecule has 5 nitrogen and oxygen atoms in total. The smallest absolute Gasteiger partial charge is 0.232 e. The fraction of sp³-hybridized carbons (Fsp3) is 0.267. The van der Waals surface area contributed by atoms with Gasteiger partial charge in [0.1, 0.15) is 0 Å². The molecule has 0 aromatic carbocycles. The van der Waals surface area contributed by atoms with Crippen LogP contribution in [0.4, 0.5) is 5.13 Å². The first-order valence-electron chi connectivity index (χ1n) is 6.45. The minimum absolute atomic E-state index is 0.0405. The van der Waals surface area contributed by atoms with Gasteiger partial charge in [0.05, 0.1) is 29.8 Å². The summed E-state index contributed by atoms with van der Waals surface area (Å²) < 4.78 is 0. The van der Waals surface area contributed by atoms with Crippen molar-refractivity contribution in [2.24, 2.45) is 0 Å². The summed E-state index contributed by atoms with van der Waals surface area (Å²) in [4.78, 5) is 21.0. The van der Waals surface area contributed by atoms with Gasteiger partial charge in [-0.05, 0) is 18.6 Å². The van der Waals surface area contributed by atoms with Crippen molar-refractivity contribution in [1.82, 2.24) is 9.97 Å². The van der Waals surface area contributed by atoms with E-state index in [1.807, 2.05) is 19.1 Å². The van der Waals surface area contributed by atoms with Crippen LogP contribution in [0.25, 0.3) is 0 Å². The van der Waals surface area contributed by atoms with Crippen LogP contribution < -0.4 is 5.32 Å². The molecule has 2 aromatic rings. The molecule has 0 saturated carbocycles. The van der Waals surface area contributed by atoms with Crippen molar-refractivity contribution in [2.75, 3.05) is 11.9 Å². The number of aliphatic hydroxyl groups is 1. The van der Waals surface area contributed by atoms with E-state index in [1.165, 1.54) is 11.3 Å². The summed E-state index contributed by atoms with van der Waals surface area (Å²) in [6.07, 6.45) is 3.93. The Morgan fingerprint density at radius 2 is 2.33 bits per heavy atom. The van der Waals surface area contributed by atoms with E-state index in [2.05, 4.69) is 27.1 Å². The number of hydrogen-bond donors (Lipinski definition) is 2. The Bertz CT molecular complexity index is 685. The van der Waals surface area contributed by atoms with Gasteiger partial charge < -0.3 is 10.4 Å². The number of carbonyl (C=O) groups excluding carboxylic acids is 1. The van der Waals surface area contributed by atoms with Crippen LogP contribution in [0.1, 0.15) is 22.6 Å². The number of carbonyl (C=O) groups is 1. The van der Waals surface area contributed by atoms with Crippen LogP contribution in [0.2, 0.25) is 0 Å². The second-order valence-electron chi connectivity index (χ2n) is 4.30. The maximum absolute atomic E-state index is 12.0. The molecule has 21 heavy (non-hydrogen) atoms. The average molecular weight is 301 g/mol. The number of aromatic nitrogens is 2. The van der Waals surface area contributed by atoms with Gasteiger partial charge in [-0.2, -0.15) is 0 Å². The quantitative estimate of drug-likeness (QED) is 0.844. The molecule has 0 bridgehead atoms. The topological polar surface area (TPSA) is 75.1 Å². The van der Waals surface area contributed by atoms with Gasteiger partial charge in [-0.3, -0.25) is 9.78 Å². The lowest BCUT2D eigenvalue weighted by atomic mass is 10.1. The van der Waals surface area contributed by atoms with Crippen LogP contribution in [0.3, 0.4) is 0 Å². The highest BCUT2D eigenvalue weighted by molar-refractivity contribution is 7.16. The average Bonchev–Trinajstić information content (AvgIpc) is 2.89. The molecule has 108 valence electrons. The van der Waals surface area contributed by atoms with Crippen LogP contribution in [0, 0.1) is 18.8 Å². The lowest BCUT2D eigenvalue weighted by molar-refractivity contribution is -0.115. The molecule has 0 aliphatic heterocycles. The fourth-order valence-electron chi connectivity index (χ4n) is 1.61. The predicted molar refractivity (Wildman–Crippen MR) is 82.0 cm³/mol. The summed E-state index contributed by atoms with van der Waals surface area (Å²) in [6, 6.07) is 3.77. The molecule has 6 heteroatoms. The number of nitrogens with one attached hydrogen (secondary N) is 1. The van der Waals surface area contributed by atoms with Crippen molar-refractivity contribution >= 4 is 22.4 Å². The van der Waals surface area contributed by atoms with E-state index in [9.17, 15) is 4.79 Å². The molecular formula is C15H15N3O2S. The number of thiazole rings is 1. The first kappa shape index (κ1) is 15.2. The van der Waals surface area contributed by atoms with Gasteiger partial charge in [0.25, 0.3) is 0 Å². The van der Waals surface area contributed by atoms with E-state index in [4.69, 9.17) is 5.11 Å². The Balaban J connectivity index is 1.95. The van der Waals surface area contributed by atoms with Crippen LogP contribution in [-0.2, 0) is 11.2 Å². The normalized spacial score (nSPS) is 9.81. The second-order valence-corrected chi connectivity index (χ2v) is 5.33. The maximum Gasteiger partial charge on any atom is 0.232 e. The van der Waals surface area contributed by atoms with Crippen molar-refractivity contribution in [3.8, 4) is 11.8 Å². The SMILES string of the molecule is Cc1cccnc1CC(=O)Nc1ncc(C#CCCO)s1. The van der Waals surface area contributed by atoms with Gasteiger partial charge in [-0.1, -0.05) is 29.2 Å². The minimum atomic E-state index is -0.152. The van der Waals surface area contributed by atoms with E-state index in [1.54, 1.807) is 12.4 Å². The molecule has 0 radical (unpaired) electrons. The summed E-state index contributed by atoms with van der Waals surface area (Å²) in [7, 11) is 0. The van der Waals surface area contributed by atoms with E-state index in [0.29, 0.717) is 11.6 Å². The number of hydrogen-bond acceptors (Lipinski definition) is 5. The molecule has 0 fully saturated rings. The number of aliphatic hydroxyl groups excluding tert-OH is 1. The maximum atomic E-state index is 12.0. The van der Waals surface area contributed by atoms with Gasteiger partial charge in [0, 0.05) is 12.6 Å². The molecule has 1 amide bonds. The third-order valence-electron chi connectivity index (χ3n) is 2.65. The Kier molecular flexibility index (Phi) is 5.43. The van der Waals surface area contributed by atoms with Crippen molar-refractivity contribution in [3.05, 3.63) is 40.7 Å². The Morgan fingerprint density at radius 1 is 1.48 bits per heavy atom. The van der Waals surface area contributed by atoms with E-state index < -0.39 is 0 Å². The van der Waals surface area contributed by atoms with Crippen molar-refractivity contribution in [1.29, 1.82) is 0 Å². The number of nitrogens with zero attached hydrogens (tertiary/aromatic N) is 2. The van der Waals surface area contributed by atoms with Crippen LogP contribution in [0.15, 0.2) is 24.5 Å². The standard InChI is InChI=1S/C15H15N3O2S/c1-11-5-4-7-16-13(11)9-14(20)18-15-17-10-12(21-15)6-2-3-8-19/h4-5,7,10,19H,3,8-9H2,1H3,(H,17,18,20). The molecular weight excluding hydrogens is 286 g/mol. The van der Waals surface area contributed by atoms with Gasteiger partial charge >= 0.3 is 0 Å². The van der Waals surface area contributed by atoms with Crippen molar-refractivity contribution in [3.63, 3.8) is 0 Å². The molecule has 0 aliphatic rings. The number of anilines is 1. The Labute approximate surface area is 127 Å². The zero-order chi connectivity index (χ0) is 15.1. The zero-order valence-electron chi connectivity index (χ0n) is 11.6. The van der Waals surface area contributed by atoms with Crippen molar-refractivity contribution in [2.45, 2.75) is 19.8 Å². The summed E-state index contributed by atoms with van der Waals surface area (Å²) in [5, 5.41) is 11.9. The highest BCUT2D eigenvalue weighted by Crippen LogP contribution is 2.17. The van der Waals surface area contributed by atoms with Crippen LogP contribution in [0.5, 0.6) is 0 Å². The third kappa shape index (κ3) is 4.67. The molecule has 2 rings (SSSR count). The zero-order valence-corrected chi connectivity index (χ0v) is 12.4. The Morgan fingerprint density at radius 3 is 3.10 bits per heavy atom. The summed E-state index contributed by atoms with van der Waals surface area (Å²) in [5.74, 6) is 5.54. The predicted octanol–water partition coefficient (Wildman–Crippen LogP) is 1.76. The van der Waals surface area contributed by atoms with Gasteiger partial charge in [-0.15, -0.1) is 0 Å². The molecule has 0 spiro atoms.